The van der Waals surface area contributed by atoms with Gasteiger partial charge in [-0.3, -0.25) is 9.69 Å². The molecule has 1 aromatic carbocycles. The quantitative estimate of drug-likeness (QED) is 0.434. The Labute approximate surface area is 193 Å². The number of aliphatic hydroxyl groups is 2. The van der Waals surface area contributed by atoms with Crippen molar-refractivity contribution < 1.29 is 28.9 Å². The highest BCUT2D eigenvalue weighted by Gasteiger charge is 2.45. The maximum Gasteiger partial charge on any atom is 0.343 e. The summed E-state index contributed by atoms with van der Waals surface area (Å²) in [5.74, 6) is -1.13. The van der Waals surface area contributed by atoms with Crippen LogP contribution in [0.25, 0.3) is 22.3 Å². The molecular formula is C24H22FN3O6. The van der Waals surface area contributed by atoms with E-state index in [9.17, 15) is 24.2 Å². The standard InChI is InChI=1S/C24H22FN3O6/c1-2-24(32)16-6-19-20-12(8-28(19)22(30)15(16)10-33-23(24)31)5-13-14-9-27(3-4-29)11-34-21(14)17(25)7-18(13)26-20/h5-7,29,32H,2-4,8-11H2,1H3/t24-/m0/s1. The molecule has 5 heterocycles. The summed E-state index contributed by atoms with van der Waals surface area (Å²) in [6.45, 7) is 2.64. The molecule has 6 rings (SSSR count). The number of halogens is 1. The number of hydrogen-bond acceptors (Lipinski definition) is 8. The summed E-state index contributed by atoms with van der Waals surface area (Å²) in [7, 11) is 0. The summed E-state index contributed by atoms with van der Waals surface area (Å²) in [5.41, 5.74) is 1.04. The molecule has 0 radical (unpaired) electrons. The molecule has 176 valence electrons. The number of benzene rings is 1. The zero-order chi connectivity index (χ0) is 23.8. The van der Waals surface area contributed by atoms with Crippen molar-refractivity contribution in [1.29, 1.82) is 0 Å². The van der Waals surface area contributed by atoms with E-state index in [1.807, 2.05) is 11.0 Å². The van der Waals surface area contributed by atoms with E-state index in [0.717, 1.165) is 5.56 Å². The number of rotatable bonds is 3. The van der Waals surface area contributed by atoms with Crippen LogP contribution in [0.5, 0.6) is 5.75 Å². The SMILES string of the molecule is CC[C@@]1(O)C(=O)OCc2c1cc1n(c2=O)Cc2cc3c4c(c(F)cc3nc2-1)OCN(CCO)C4. The molecule has 0 aliphatic carbocycles. The molecule has 0 spiro atoms. The second-order valence-corrected chi connectivity index (χ2v) is 8.88. The molecule has 3 aliphatic heterocycles. The average Bonchev–Trinajstić information content (AvgIpc) is 3.19. The summed E-state index contributed by atoms with van der Waals surface area (Å²) >= 11 is 0. The van der Waals surface area contributed by atoms with Gasteiger partial charge in [0, 0.05) is 41.2 Å². The lowest BCUT2D eigenvalue weighted by Crippen LogP contribution is -2.44. The van der Waals surface area contributed by atoms with Crippen molar-refractivity contribution in [2.24, 2.45) is 0 Å². The van der Waals surface area contributed by atoms with Gasteiger partial charge >= 0.3 is 5.97 Å². The highest BCUT2D eigenvalue weighted by Crippen LogP contribution is 2.41. The predicted molar refractivity (Wildman–Crippen MR) is 117 cm³/mol. The molecule has 3 aliphatic rings. The van der Waals surface area contributed by atoms with Gasteiger partial charge in [0.2, 0.25) is 0 Å². The van der Waals surface area contributed by atoms with Gasteiger partial charge in [0.1, 0.15) is 13.3 Å². The third kappa shape index (κ3) is 2.79. The van der Waals surface area contributed by atoms with Crippen LogP contribution in [-0.4, -0.2) is 50.5 Å². The van der Waals surface area contributed by atoms with Crippen LogP contribution in [0, 0.1) is 5.82 Å². The van der Waals surface area contributed by atoms with Crippen molar-refractivity contribution in [2.75, 3.05) is 19.9 Å². The number of carbonyl (C=O) groups excluding carboxylic acids is 1. The largest absolute Gasteiger partial charge is 0.475 e. The van der Waals surface area contributed by atoms with E-state index in [1.54, 1.807) is 17.6 Å². The Morgan fingerprint density at radius 2 is 2.00 bits per heavy atom. The van der Waals surface area contributed by atoms with Gasteiger partial charge in [0.25, 0.3) is 5.56 Å². The van der Waals surface area contributed by atoms with E-state index in [1.165, 1.54) is 6.07 Å². The zero-order valence-corrected chi connectivity index (χ0v) is 18.4. The lowest BCUT2D eigenvalue weighted by Gasteiger charge is -2.31. The normalized spacial score (nSPS) is 20.9. The predicted octanol–water partition coefficient (Wildman–Crippen LogP) is 1.36. The van der Waals surface area contributed by atoms with Crippen molar-refractivity contribution in [3.8, 4) is 17.1 Å². The second-order valence-electron chi connectivity index (χ2n) is 8.88. The lowest BCUT2D eigenvalue weighted by molar-refractivity contribution is -0.172. The highest BCUT2D eigenvalue weighted by molar-refractivity contribution is 5.89. The lowest BCUT2D eigenvalue weighted by atomic mass is 9.86. The minimum Gasteiger partial charge on any atom is -0.475 e. The topological polar surface area (TPSA) is 114 Å². The van der Waals surface area contributed by atoms with Gasteiger partial charge in [-0.05, 0) is 18.6 Å². The molecule has 9 nitrogen and oxygen atoms in total. The monoisotopic (exact) mass is 467 g/mol. The zero-order valence-electron chi connectivity index (χ0n) is 18.4. The Kier molecular flexibility index (Phi) is 4.57. The van der Waals surface area contributed by atoms with Crippen LogP contribution in [-0.2, 0) is 34.8 Å². The number of aliphatic hydroxyl groups excluding tert-OH is 1. The van der Waals surface area contributed by atoms with E-state index >= 15 is 0 Å². The Bertz CT molecular complexity index is 1450. The van der Waals surface area contributed by atoms with Crippen molar-refractivity contribution in [2.45, 2.75) is 38.6 Å². The first-order valence-electron chi connectivity index (χ1n) is 11.1. The van der Waals surface area contributed by atoms with Crippen LogP contribution >= 0.6 is 0 Å². The van der Waals surface area contributed by atoms with Gasteiger partial charge in [-0.15, -0.1) is 0 Å². The van der Waals surface area contributed by atoms with Gasteiger partial charge in [-0.25, -0.2) is 14.2 Å². The van der Waals surface area contributed by atoms with E-state index < -0.39 is 17.4 Å². The minimum absolute atomic E-state index is 0.0428. The molecule has 34 heavy (non-hydrogen) atoms. The van der Waals surface area contributed by atoms with E-state index in [2.05, 4.69) is 0 Å². The van der Waals surface area contributed by atoms with Crippen LogP contribution in [0.15, 0.2) is 23.0 Å². The molecule has 0 bridgehead atoms. The van der Waals surface area contributed by atoms with Crippen molar-refractivity contribution >= 4 is 16.9 Å². The number of aromatic nitrogens is 2. The summed E-state index contributed by atoms with van der Waals surface area (Å²) in [5, 5.41) is 21.0. The average molecular weight is 467 g/mol. The van der Waals surface area contributed by atoms with Gasteiger partial charge < -0.3 is 24.3 Å². The van der Waals surface area contributed by atoms with Gasteiger partial charge in [0.05, 0.1) is 35.6 Å². The maximum atomic E-state index is 14.9. The molecule has 0 amide bonds. The molecule has 10 heteroatoms. The van der Waals surface area contributed by atoms with Crippen molar-refractivity contribution in [1.82, 2.24) is 14.5 Å². The maximum absolute atomic E-state index is 14.9. The Hall–Kier alpha value is -3.34. The van der Waals surface area contributed by atoms with E-state index in [0.29, 0.717) is 40.9 Å². The van der Waals surface area contributed by atoms with E-state index in [4.69, 9.17) is 14.5 Å². The number of esters is 1. The number of pyridine rings is 2. The first-order valence-corrected chi connectivity index (χ1v) is 11.1. The molecule has 2 N–H and O–H groups in total. The van der Waals surface area contributed by atoms with Gasteiger partial charge in [-0.2, -0.15) is 0 Å². The minimum atomic E-state index is -1.90. The van der Waals surface area contributed by atoms with Crippen LogP contribution in [0.1, 0.15) is 35.6 Å². The van der Waals surface area contributed by atoms with Crippen molar-refractivity contribution in [3.63, 3.8) is 0 Å². The molecule has 0 unspecified atom stereocenters. The van der Waals surface area contributed by atoms with Gasteiger partial charge in [0.15, 0.2) is 17.2 Å². The fraction of sp³-hybridized carbons (Fsp3) is 0.375. The summed E-state index contributed by atoms with van der Waals surface area (Å²) in [4.78, 5) is 32.2. The van der Waals surface area contributed by atoms with Crippen molar-refractivity contribution in [3.05, 3.63) is 56.6 Å². The Morgan fingerprint density at radius 3 is 2.76 bits per heavy atom. The number of hydrogen-bond donors (Lipinski definition) is 2. The number of carbonyl (C=O) groups is 1. The summed E-state index contributed by atoms with van der Waals surface area (Å²) < 4.78 is 27.1. The molecule has 0 saturated carbocycles. The Balaban J connectivity index is 1.55. The number of fused-ring (bicyclic) bond motifs is 7. The van der Waals surface area contributed by atoms with Crippen LogP contribution in [0.3, 0.4) is 0 Å². The first kappa shape index (κ1) is 21.2. The summed E-state index contributed by atoms with van der Waals surface area (Å²) in [6.07, 6.45) is 0.0570. The van der Waals surface area contributed by atoms with Crippen LogP contribution in [0.4, 0.5) is 4.39 Å². The number of ether oxygens (including phenoxy) is 2. The molecule has 1 atom stereocenters. The highest BCUT2D eigenvalue weighted by atomic mass is 19.1. The fourth-order valence-corrected chi connectivity index (χ4v) is 5.16. The second kappa shape index (κ2) is 7.33. The van der Waals surface area contributed by atoms with E-state index in [-0.39, 0.29) is 55.3 Å². The molecule has 2 aromatic heterocycles. The smallest absolute Gasteiger partial charge is 0.343 e. The van der Waals surface area contributed by atoms with Crippen LogP contribution in [0.2, 0.25) is 0 Å². The van der Waals surface area contributed by atoms with Gasteiger partial charge in [-0.1, -0.05) is 6.92 Å². The third-order valence-corrected chi connectivity index (χ3v) is 7.01. The first-order chi connectivity index (χ1) is 16.4. The fourth-order valence-electron chi connectivity index (χ4n) is 5.16. The third-order valence-electron chi connectivity index (χ3n) is 7.01. The number of cyclic esters (lactones) is 1. The van der Waals surface area contributed by atoms with Crippen LogP contribution < -0.4 is 10.3 Å². The molecular weight excluding hydrogens is 445 g/mol. The molecule has 0 fully saturated rings. The molecule has 3 aromatic rings. The number of β-amino-alcohol motifs (C(OH)–C–C–N with tert-alkyl or cyclic N) is 1. The summed E-state index contributed by atoms with van der Waals surface area (Å²) in [6, 6.07) is 4.84. The Morgan fingerprint density at radius 1 is 1.18 bits per heavy atom. The molecule has 0 saturated heterocycles. The number of nitrogens with zero attached hydrogens (tertiary/aromatic N) is 3.